The Morgan fingerprint density at radius 1 is 1.17 bits per heavy atom. The van der Waals surface area contributed by atoms with Gasteiger partial charge in [0.05, 0.1) is 23.2 Å². The number of sulfone groups is 1. The van der Waals surface area contributed by atoms with Crippen LogP contribution in [0.25, 0.3) is 5.70 Å². The van der Waals surface area contributed by atoms with E-state index in [0.717, 1.165) is 6.26 Å². The molecule has 1 aliphatic carbocycles. The van der Waals surface area contributed by atoms with E-state index in [1.54, 1.807) is 50.3 Å². The fourth-order valence-electron chi connectivity index (χ4n) is 5.89. The highest BCUT2D eigenvalue weighted by molar-refractivity contribution is 7.92. The van der Waals surface area contributed by atoms with E-state index >= 15 is 4.79 Å². The quantitative estimate of drug-likeness (QED) is 0.224. The zero-order chi connectivity index (χ0) is 39.0. The number of halogens is 2. The predicted molar refractivity (Wildman–Crippen MR) is 201 cm³/mol. The number of allylic oxidation sites excluding steroid dienone is 3. The molecule has 0 saturated heterocycles. The number of aromatic nitrogens is 3. The molecular formula is C38H48ClFN6O5S. The molecule has 11 nitrogen and oxygen atoms in total. The van der Waals surface area contributed by atoms with E-state index in [1.807, 2.05) is 20.8 Å². The first-order chi connectivity index (χ1) is 23.9. The molecule has 4 atom stereocenters. The number of benzene rings is 1. The topological polar surface area (TPSA) is 150 Å². The maximum atomic E-state index is 15.0. The molecule has 2 aromatic rings. The fourth-order valence-corrected chi connectivity index (χ4v) is 6.41. The van der Waals surface area contributed by atoms with E-state index in [4.69, 9.17) is 27.1 Å². The summed E-state index contributed by atoms with van der Waals surface area (Å²) >= 11 is 6.62. The summed E-state index contributed by atoms with van der Waals surface area (Å²) in [5.74, 6) is 3.91. The molecule has 2 aliphatic rings. The van der Waals surface area contributed by atoms with Crippen LogP contribution in [-0.2, 0) is 29.7 Å². The van der Waals surface area contributed by atoms with Crippen LogP contribution in [0.1, 0.15) is 79.4 Å². The highest BCUT2D eigenvalue weighted by atomic mass is 35.5. The minimum atomic E-state index is -3.44. The number of esters is 1. The lowest BCUT2D eigenvalue weighted by atomic mass is 9.75. The zero-order valence-electron chi connectivity index (χ0n) is 31.2. The highest BCUT2D eigenvalue weighted by Crippen LogP contribution is 2.45. The molecule has 1 aromatic carbocycles. The third-order valence-electron chi connectivity index (χ3n) is 9.53. The Hall–Kier alpha value is -4.28. The van der Waals surface area contributed by atoms with Gasteiger partial charge in [0.25, 0.3) is 5.91 Å². The van der Waals surface area contributed by atoms with Gasteiger partial charge in [-0.15, -0.1) is 0 Å². The largest absolute Gasteiger partial charge is 0.463 e. The summed E-state index contributed by atoms with van der Waals surface area (Å²) in [5.41, 5.74) is 5.89. The van der Waals surface area contributed by atoms with E-state index in [2.05, 4.69) is 28.5 Å². The maximum Gasteiger partial charge on any atom is 0.306 e. The number of carbonyl (C=O) groups excluding carboxylic acids is 2. The molecule has 0 bridgehead atoms. The first-order valence-electron chi connectivity index (χ1n) is 16.8. The molecule has 2 heterocycles. The minimum absolute atomic E-state index is 0.0871. The number of nitrogens with two attached hydrogens (primary N) is 1. The molecule has 0 fully saturated rings. The number of rotatable bonds is 11. The van der Waals surface area contributed by atoms with Crippen LogP contribution in [0.2, 0.25) is 0 Å². The van der Waals surface area contributed by atoms with Crippen LogP contribution in [-0.4, -0.2) is 75.7 Å². The monoisotopic (exact) mass is 754 g/mol. The normalized spacial score (nSPS) is 21.1. The first kappa shape index (κ1) is 40.5. The highest BCUT2D eigenvalue weighted by Gasteiger charge is 2.54. The average Bonchev–Trinajstić information content (AvgIpc) is 3.63. The summed E-state index contributed by atoms with van der Waals surface area (Å²) < 4.78 is 44.7. The van der Waals surface area contributed by atoms with Gasteiger partial charge < -0.3 is 10.5 Å². The van der Waals surface area contributed by atoms with Crippen molar-refractivity contribution in [2.45, 2.75) is 90.7 Å². The number of hydrogen-bond donors (Lipinski definition) is 1. The van der Waals surface area contributed by atoms with Crippen LogP contribution < -0.4 is 5.73 Å². The Balaban J connectivity index is 1.80. The third kappa shape index (κ3) is 8.67. The van der Waals surface area contributed by atoms with Crippen molar-refractivity contribution in [2.24, 2.45) is 27.5 Å². The lowest BCUT2D eigenvalue weighted by Crippen LogP contribution is -2.54. The molecule has 2 N–H and O–H groups in total. The number of amides is 1. The van der Waals surface area contributed by atoms with Crippen LogP contribution in [0.4, 0.5) is 4.39 Å². The van der Waals surface area contributed by atoms with Crippen molar-refractivity contribution in [3.8, 4) is 11.8 Å². The van der Waals surface area contributed by atoms with Gasteiger partial charge in [-0.3, -0.25) is 14.5 Å². The minimum Gasteiger partial charge on any atom is -0.463 e. The smallest absolute Gasteiger partial charge is 0.306 e. The summed E-state index contributed by atoms with van der Waals surface area (Å²) in [6.45, 7) is 17.6. The molecule has 52 heavy (non-hydrogen) atoms. The van der Waals surface area contributed by atoms with Gasteiger partial charge in [-0.1, -0.05) is 76.8 Å². The molecule has 0 spiro atoms. The van der Waals surface area contributed by atoms with Gasteiger partial charge in [0.2, 0.25) is 0 Å². The van der Waals surface area contributed by atoms with E-state index in [9.17, 15) is 17.6 Å². The number of alkyl halides is 1. The lowest BCUT2D eigenvalue weighted by molar-refractivity contribution is -0.150. The summed E-state index contributed by atoms with van der Waals surface area (Å²) in [6, 6.07) is 5.96. The van der Waals surface area contributed by atoms with Crippen molar-refractivity contribution in [1.29, 1.82) is 0 Å². The van der Waals surface area contributed by atoms with Crippen LogP contribution in [0, 0.1) is 28.6 Å². The van der Waals surface area contributed by atoms with Crippen LogP contribution in [0.5, 0.6) is 0 Å². The van der Waals surface area contributed by atoms with Gasteiger partial charge in [0, 0.05) is 23.2 Å². The van der Waals surface area contributed by atoms with E-state index in [0.29, 0.717) is 27.4 Å². The summed E-state index contributed by atoms with van der Waals surface area (Å²) in [7, 11) is -3.44. The van der Waals surface area contributed by atoms with Crippen LogP contribution in [0.15, 0.2) is 71.2 Å². The van der Waals surface area contributed by atoms with Crippen molar-refractivity contribution in [1.82, 2.24) is 19.7 Å². The van der Waals surface area contributed by atoms with Crippen molar-refractivity contribution >= 4 is 45.0 Å². The van der Waals surface area contributed by atoms with E-state index < -0.39 is 61.0 Å². The fraction of sp³-hybridized carbons (Fsp3) is 0.500. The first-order valence-corrected chi connectivity index (χ1v) is 19.1. The summed E-state index contributed by atoms with van der Waals surface area (Å²) in [5, 5.41) is 4.54. The lowest BCUT2D eigenvalue weighted by Gasteiger charge is -2.37. The SMILES string of the molecule is C=C1C=C(Cl)C(n2cncn2)=CC1[C@@H](COC(=O)CC(C)(C)C(C)F)N1C(=O)[C@@](CC(C)(C)C)(c2ccc(C#CC(C)(C)S(C)(=O)=O)cc2)N=C1N. The molecule has 1 aromatic heterocycles. The third-order valence-corrected chi connectivity index (χ3v) is 11.8. The molecular weight excluding hydrogens is 707 g/mol. The van der Waals surface area contributed by atoms with Crippen LogP contribution in [0.3, 0.4) is 0 Å². The standard InChI is InChI=1S/C38H48ClFN6O5S/c1-24-17-29(39)30(45-23-42-22-43-45)18-28(24)31(20-51-32(47)19-36(6,7)25(2)40)46-33(48)38(44-34(46)41,21-35(3,4)5)27-13-11-26(12-14-27)15-16-37(8,9)52(10,49)50/h11-14,17-18,22-23,25,28,31H,1,19-21H2,2-10H3,(H2,41,44)/t25?,28?,31-,38-/m1/s1. The van der Waals surface area contributed by atoms with Crippen molar-refractivity contribution < 1.29 is 27.1 Å². The number of guanidine groups is 1. The predicted octanol–water partition coefficient (Wildman–Crippen LogP) is 5.78. The molecule has 14 heteroatoms. The van der Waals surface area contributed by atoms with Crippen molar-refractivity contribution in [3.63, 3.8) is 0 Å². The Morgan fingerprint density at radius 2 is 1.81 bits per heavy atom. The van der Waals surface area contributed by atoms with Crippen molar-refractivity contribution in [2.75, 3.05) is 12.9 Å². The second-order valence-electron chi connectivity index (χ2n) is 15.9. The molecule has 0 radical (unpaired) electrons. The summed E-state index contributed by atoms with van der Waals surface area (Å²) in [4.78, 5) is 38.4. The Labute approximate surface area is 311 Å². The van der Waals surface area contributed by atoms with E-state index in [1.165, 1.54) is 43.0 Å². The molecule has 280 valence electrons. The number of aliphatic imine (C=N–C) groups is 1. The number of carbonyl (C=O) groups is 2. The Kier molecular flexibility index (Phi) is 11.4. The van der Waals surface area contributed by atoms with Gasteiger partial charge in [-0.25, -0.2) is 27.5 Å². The average molecular weight is 755 g/mol. The molecule has 2 unspecified atom stereocenters. The zero-order valence-corrected chi connectivity index (χ0v) is 32.8. The number of hydrogen-bond acceptors (Lipinski definition) is 9. The number of nitrogens with zero attached hydrogens (tertiary/aromatic N) is 5. The second-order valence-corrected chi connectivity index (χ2v) is 18.8. The molecule has 1 amide bonds. The van der Waals surface area contributed by atoms with Gasteiger partial charge in [0.15, 0.2) is 21.3 Å². The molecule has 4 rings (SSSR count). The van der Waals surface area contributed by atoms with E-state index in [-0.39, 0.29) is 25.4 Å². The molecule has 1 aliphatic heterocycles. The second kappa shape index (κ2) is 14.6. The summed E-state index contributed by atoms with van der Waals surface area (Å²) in [6.07, 6.45) is 6.16. The maximum absolute atomic E-state index is 15.0. The van der Waals surface area contributed by atoms with Crippen molar-refractivity contribution in [3.05, 3.63) is 77.4 Å². The van der Waals surface area contributed by atoms with Gasteiger partial charge in [-0.2, -0.15) is 5.10 Å². The van der Waals surface area contributed by atoms with Gasteiger partial charge in [0.1, 0.15) is 30.2 Å². The van der Waals surface area contributed by atoms with Gasteiger partial charge >= 0.3 is 5.97 Å². The number of ether oxygens (including phenoxy) is 1. The Morgan fingerprint density at radius 3 is 2.35 bits per heavy atom. The van der Waals surface area contributed by atoms with Gasteiger partial charge in [-0.05, 0) is 68.0 Å². The van der Waals surface area contributed by atoms with Crippen LogP contribution >= 0.6 is 11.6 Å². The Bertz CT molecular complexity index is 1980. The molecule has 0 saturated carbocycles.